The molecular weight excluding hydrogens is 407 g/mol. The molecule has 0 saturated carbocycles. The van der Waals surface area contributed by atoms with Gasteiger partial charge in [-0.25, -0.2) is 14.2 Å². The van der Waals surface area contributed by atoms with Crippen molar-refractivity contribution in [2.45, 2.75) is 19.3 Å². The van der Waals surface area contributed by atoms with E-state index in [1.165, 1.54) is 30.8 Å². The minimum atomic E-state index is -0.501. The van der Waals surface area contributed by atoms with Crippen molar-refractivity contribution in [2.24, 2.45) is 0 Å². The van der Waals surface area contributed by atoms with Crippen molar-refractivity contribution in [3.8, 4) is 11.3 Å². The van der Waals surface area contributed by atoms with Crippen LogP contribution in [0.15, 0.2) is 54.9 Å². The predicted octanol–water partition coefficient (Wildman–Crippen LogP) is 4.74. The van der Waals surface area contributed by atoms with Crippen LogP contribution >= 0.6 is 0 Å². The molecule has 0 spiro atoms. The smallest absolute Gasteiger partial charge is 0.327 e. The van der Waals surface area contributed by atoms with Gasteiger partial charge in [0.1, 0.15) is 5.82 Å². The molecular formula is C24H25FN6O. The van der Waals surface area contributed by atoms with Crippen LogP contribution in [0.5, 0.6) is 0 Å². The van der Waals surface area contributed by atoms with Gasteiger partial charge >= 0.3 is 6.03 Å². The first kappa shape index (κ1) is 20.2. The maximum Gasteiger partial charge on any atom is 0.327 e. The van der Waals surface area contributed by atoms with Gasteiger partial charge in [0, 0.05) is 43.5 Å². The molecule has 0 radical (unpaired) electrons. The number of benzene rings is 1. The highest BCUT2D eigenvalue weighted by atomic mass is 19.1. The number of nitrogens with one attached hydrogen (secondary N) is 2. The molecule has 1 saturated heterocycles. The number of rotatable bonds is 3. The molecule has 4 heterocycles. The van der Waals surface area contributed by atoms with Crippen molar-refractivity contribution >= 4 is 28.9 Å². The normalized spacial score (nSPS) is 15.7. The van der Waals surface area contributed by atoms with Crippen LogP contribution in [0.25, 0.3) is 11.3 Å². The lowest BCUT2D eigenvalue weighted by Gasteiger charge is -2.23. The topological polar surface area (TPSA) is 73.4 Å². The number of amides is 2. The van der Waals surface area contributed by atoms with Crippen molar-refractivity contribution < 1.29 is 9.18 Å². The van der Waals surface area contributed by atoms with Gasteiger partial charge in [-0.3, -0.25) is 9.88 Å². The summed E-state index contributed by atoms with van der Waals surface area (Å²) in [4.78, 5) is 25.7. The minimum Gasteiger partial charge on any atom is -0.382 e. The van der Waals surface area contributed by atoms with Crippen molar-refractivity contribution in [2.75, 3.05) is 46.6 Å². The largest absolute Gasteiger partial charge is 0.382 e. The Morgan fingerprint density at radius 3 is 2.75 bits per heavy atom. The Kier molecular flexibility index (Phi) is 5.58. The summed E-state index contributed by atoms with van der Waals surface area (Å²) in [6, 6.07) is 13.2. The van der Waals surface area contributed by atoms with Crippen molar-refractivity contribution in [3.63, 3.8) is 0 Å². The van der Waals surface area contributed by atoms with Crippen molar-refractivity contribution in [1.82, 2.24) is 9.97 Å². The van der Waals surface area contributed by atoms with Gasteiger partial charge in [0.05, 0.1) is 29.5 Å². The third kappa shape index (κ3) is 4.21. The molecule has 5 rings (SSSR count). The van der Waals surface area contributed by atoms with Crippen LogP contribution in [0.2, 0.25) is 0 Å². The standard InChI is InChI=1S/C24H25FN6O/c25-18-14-19(16-26-15-18)28-24(32)31-12-4-9-27-22-8-7-21(29-23(22)31)17-5-3-6-20(13-17)30-10-1-2-11-30/h3,5-8,13-16,27H,1-2,4,9-12H2,(H,28,32). The maximum atomic E-state index is 13.5. The van der Waals surface area contributed by atoms with Crippen LogP contribution in [0.3, 0.4) is 0 Å². The average Bonchev–Trinajstić information content (AvgIpc) is 3.26. The molecule has 164 valence electrons. The second kappa shape index (κ2) is 8.82. The number of carbonyl (C=O) groups is 1. The second-order valence-corrected chi connectivity index (χ2v) is 8.07. The maximum absolute atomic E-state index is 13.5. The van der Waals surface area contributed by atoms with Gasteiger partial charge in [0.2, 0.25) is 0 Å². The number of anilines is 4. The Balaban J connectivity index is 1.46. The summed E-state index contributed by atoms with van der Waals surface area (Å²) < 4.78 is 13.5. The van der Waals surface area contributed by atoms with E-state index >= 15 is 0 Å². The number of aromatic nitrogens is 2. The number of carbonyl (C=O) groups excluding carboxylic acids is 1. The van der Waals surface area contributed by atoms with Crippen LogP contribution < -0.4 is 20.4 Å². The Morgan fingerprint density at radius 2 is 1.91 bits per heavy atom. The molecule has 7 nitrogen and oxygen atoms in total. The molecule has 2 aliphatic heterocycles. The number of hydrogen-bond donors (Lipinski definition) is 2. The number of fused-ring (bicyclic) bond motifs is 1. The lowest BCUT2D eigenvalue weighted by molar-refractivity contribution is 0.257. The zero-order valence-corrected chi connectivity index (χ0v) is 17.7. The third-order valence-corrected chi connectivity index (χ3v) is 5.82. The summed E-state index contributed by atoms with van der Waals surface area (Å²) in [5, 5.41) is 6.09. The van der Waals surface area contributed by atoms with Gasteiger partial charge in [0.15, 0.2) is 5.82 Å². The SMILES string of the molecule is O=C(Nc1cncc(F)c1)N1CCCNc2ccc(-c3cccc(N4CCCC4)c3)nc21. The van der Waals surface area contributed by atoms with E-state index in [0.717, 1.165) is 49.2 Å². The molecule has 0 aliphatic carbocycles. The zero-order valence-electron chi connectivity index (χ0n) is 17.7. The summed E-state index contributed by atoms with van der Waals surface area (Å²) in [6.45, 7) is 3.39. The molecule has 0 unspecified atom stereocenters. The highest BCUT2D eigenvalue weighted by molar-refractivity contribution is 6.03. The fraction of sp³-hybridized carbons (Fsp3) is 0.292. The molecule has 1 fully saturated rings. The van der Waals surface area contributed by atoms with E-state index in [0.29, 0.717) is 18.1 Å². The highest BCUT2D eigenvalue weighted by Gasteiger charge is 2.24. The van der Waals surface area contributed by atoms with Crippen LogP contribution in [0.1, 0.15) is 19.3 Å². The van der Waals surface area contributed by atoms with Gasteiger partial charge in [-0.15, -0.1) is 0 Å². The van der Waals surface area contributed by atoms with E-state index < -0.39 is 5.82 Å². The highest BCUT2D eigenvalue weighted by Crippen LogP contribution is 2.32. The van der Waals surface area contributed by atoms with E-state index in [1.807, 2.05) is 18.2 Å². The van der Waals surface area contributed by atoms with E-state index in [4.69, 9.17) is 4.98 Å². The summed E-state index contributed by atoms with van der Waals surface area (Å²) in [5.41, 5.74) is 4.12. The van der Waals surface area contributed by atoms with Gasteiger partial charge in [-0.05, 0) is 43.5 Å². The molecule has 3 aromatic rings. The molecule has 8 heteroatoms. The first-order chi connectivity index (χ1) is 15.7. The Hall–Kier alpha value is -3.68. The molecule has 0 atom stereocenters. The van der Waals surface area contributed by atoms with E-state index in [9.17, 15) is 9.18 Å². The monoisotopic (exact) mass is 432 g/mol. The van der Waals surface area contributed by atoms with Crippen LogP contribution in [0.4, 0.5) is 32.1 Å². The first-order valence-corrected chi connectivity index (χ1v) is 11.0. The number of hydrogen-bond acceptors (Lipinski definition) is 5. The zero-order chi connectivity index (χ0) is 21.9. The van der Waals surface area contributed by atoms with Crippen LogP contribution in [-0.2, 0) is 0 Å². The lowest BCUT2D eigenvalue weighted by Crippen LogP contribution is -2.36. The Bertz CT molecular complexity index is 1130. The average molecular weight is 433 g/mol. The summed E-state index contributed by atoms with van der Waals surface area (Å²) in [6.07, 6.45) is 5.73. The molecule has 32 heavy (non-hydrogen) atoms. The number of urea groups is 1. The third-order valence-electron chi connectivity index (χ3n) is 5.82. The number of pyridine rings is 2. The molecule has 1 aromatic carbocycles. The van der Waals surface area contributed by atoms with Gasteiger partial charge in [-0.1, -0.05) is 12.1 Å². The first-order valence-electron chi connectivity index (χ1n) is 11.0. The lowest BCUT2D eigenvalue weighted by atomic mass is 10.1. The minimum absolute atomic E-state index is 0.309. The molecule has 0 bridgehead atoms. The van der Waals surface area contributed by atoms with Crippen LogP contribution in [0, 0.1) is 5.82 Å². The van der Waals surface area contributed by atoms with Crippen molar-refractivity contribution in [1.29, 1.82) is 0 Å². The fourth-order valence-electron chi connectivity index (χ4n) is 4.23. The van der Waals surface area contributed by atoms with E-state index in [2.05, 4.69) is 38.7 Å². The Labute approximate surface area is 186 Å². The summed E-state index contributed by atoms with van der Waals surface area (Å²) >= 11 is 0. The van der Waals surface area contributed by atoms with Gasteiger partial charge in [-0.2, -0.15) is 0 Å². The van der Waals surface area contributed by atoms with E-state index in [1.54, 1.807) is 4.90 Å². The fourth-order valence-corrected chi connectivity index (χ4v) is 4.23. The summed E-state index contributed by atoms with van der Waals surface area (Å²) in [5.74, 6) is 0.0625. The number of nitrogens with zero attached hydrogens (tertiary/aromatic N) is 4. The van der Waals surface area contributed by atoms with Crippen molar-refractivity contribution in [3.05, 3.63) is 60.7 Å². The molecule has 2 amide bonds. The quantitative estimate of drug-likeness (QED) is 0.626. The predicted molar refractivity (Wildman–Crippen MR) is 125 cm³/mol. The van der Waals surface area contributed by atoms with E-state index in [-0.39, 0.29) is 6.03 Å². The van der Waals surface area contributed by atoms with Gasteiger partial charge < -0.3 is 15.5 Å². The molecule has 2 N–H and O–H groups in total. The Morgan fingerprint density at radius 1 is 1.03 bits per heavy atom. The van der Waals surface area contributed by atoms with Crippen LogP contribution in [-0.4, -0.2) is 42.2 Å². The van der Waals surface area contributed by atoms with Gasteiger partial charge in [0.25, 0.3) is 0 Å². The summed E-state index contributed by atoms with van der Waals surface area (Å²) in [7, 11) is 0. The molecule has 2 aromatic heterocycles. The molecule has 2 aliphatic rings. The number of halogens is 1. The second-order valence-electron chi connectivity index (χ2n) is 8.07.